The number of carboxylic acids is 1. The smallest absolute Gasteiger partial charge is 0.306 e. The second kappa shape index (κ2) is 5.64. The van der Waals surface area contributed by atoms with Crippen molar-refractivity contribution in [2.45, 2.75) is 26.7 Å². The van der Waals surface area contributed by atoms with Crippen molar-refractivity contribution in [3.63, 3.8) is 0 Å². The van der Waals surface area contributed by atoms with Gasteiger partial charge in [-0.05, 0) is 36.5 Å². The van der Waals surface area contributed by atoms with E-state index in [1.807, 2.05) is 13.8 Å². The van der Waals surface area contributed by atoms with Crippen LogP contribution in [0.25, 0.3) is 0 Å². The highest BCUT2D eigenvalue weighted by Crippen LogP contribution is 2.18. The molecule has 1 rings (SSSR count). The Morgan fingerprint density at radius 2 is 1.88 bits per heavy atom. The summed E-state index contributed by atoms with van der Waals surface area (Å²) in [4.78, 5) is 11.0. The number of benzene rings is 1. The molecule has 16 heavy (non-hydrogen) atoms. The van der Waals surface area contributed by atoms with Crippen LogP contribution in [0, 0.1) is 17.7 Å². The molecule has 3 heteroatoms. The lowest BCUT2D eigenvalue weighted by atomic mass is 9.90. The van der Waals surface area contributed by atoms with Crippen molar-refractivity contribution in [1.29, 1.82) is 0 Å². The zero-order chi connectivity index (χ0) is 12.1. The number of hydrogen-bond donors (Lipinski definition) is 1. The largest absolute Gasteiger partial charge is 0.481 e. The van der Waals surface area contributed by atoms with E-state index < -0.39 is 5.97 Å². The van der Waals surface area contributed by atoms with Crippen molar-refractivity contribution in [3.8, 4) is 0 Å². The van der Waals surface area contributed by atoms with E-state index in [2.05, 4.69) is 0 Å². The molecule has 0 heterocycles. The van der Waals surface area contributed by atoms with Crippen LogP contribution in [0.15, 0.2) is 24.3 Å². The van der Waals surface area contributed by atoms with Crippen molar-refractivity contribution < 1.29 is 14.3 Å². The Kier molecular flexibility index (Phi) is 4.47. The normalized spacial score (nSPS) is 12.8. The standard InChI is InChI=1S/C13H17FO2/c1-9(2)12(13(15)16)8-5-10-3-6-11(14)7-4-10/h3-4,6-7,9,12H,5,8H2,1-2H3,(H,15,16). The Morgan fingerprint density at radius 3 is 2.31 bits per heavy atom. The molecule has 88 valence electrons. The van der Waals surface area contributed by atoms with Gasteiger partial charge in [-0.15, -0.1) is 0 Å². The van der Waals surface area contributed by atoms with Gasteiger partial charge in [0.2, 0.25) is 0 Å². The number of aryl methyl sites for hydroxylation is 1. The predicted octanol–water partition coefficient (Wildman–Crippen LogP) is 3.12. The molecule has 1 atom stereocenters. The molecule has 1 unspecified atom stereocenters. The van der Waals surface area contributed by atoms with Gasteiger partial charge in [-0.1, -0.05) is 26.0 Å². The molecule has 1 aromatic rings. The summed E-state index contributed by atoms with van der Waals surface area (Å²) >= 11 is 0. The van der Waals surface area contributed by atoms with Gasteiger partial charge in [-0.3, -0.25) is 4.79 Å². The molecule has 1 N–H and O–H groups in total. The van der Waals surface area contributed by atoms with Crippen molar-refractivity contribution in [2.75, 3.05) is 0 Å². The summed E-state index contributed by atoms with van der Waals surface area (Å²) in [7, 11) is 0. The molecule has 1 aromatic carbocycles. The minimum Gasteiger partial charge on any atom is -0.481 e. The molecule has 0 radical (unpaired) electrons. The van der Waals surface area contributed by atoms with Crippen molar-refractivity contribution >= 4 is 5.97 Å². The summed E-state index contributed by atoms with van der Waals surface area (Å²) < 4.78 is 12.6. The van der Waals surface area contributed by atoms with Gasteiger partial charge in [0.25, 0.3) is 0 Å². The number of rotatable bonds is 5. The zero-order valence-corrected chi connectivity index (χ0v) is 9.61. The Bertz CT molecular complexity index is 343. The van der Waals surface area contributed by atoms with Gasteiger partial charge in [0, 0.05) is 0 Å². The molecule has 0 saturated carbocycles. The quantitative estimate of drug-likeness (QED) is 0.834. The third kappa shape index (κ3) is 3.65. The Balaban J connectivity index is 2.55. The predicted molar refractivity (Wildman–Crippen MR) is 60.7 cm³/mol. The van der Waals surface area contributed by atoms with Crippen LogP contribution in [0.4, 0.5) is 4.39 Å². The maximum absolute atomic E-state index is 12.6. The van der Waals surface area contributed by atoms with Gasteiger partial charge in [-0.2, -0.15) is 0 Å². The van der Waals surface area contributed by atoms with E-state index in [0.717, 1.165) is 5.56 Å². The van der Waals surface area contributed by atoms with E-state index in [1.54, 1.807) is 12.1 Å². The molecule has 0 aliphatic rings. The van der Waals surface area contributed by atoms with E-state index in [1.165, 1.54) is 12.1 Å². The van der Waals surface area contributed by atoms with Gasteiger partial charge in [0.05, 0.1) is 5.92 Å². The summed E-state index contributed by atoms with van der Waals surface area (Å²) in [6, 6.07) is 6.21. The second-order valence-corrected chi connectivity index (χ2v) is 4.35. The highest BCUT2D eigenvalue weighted by atomic mass is 19.1. The lowest BCUT2D eigenvalue weighted by Crippen LogP contribution is -2.20. The molecular formula is C13H17FO2. The molecule has 0 aliphatic heterocycles. The number of halogens is 1. The van der Waals surface area contributed by atoms with E-state index in [9.17, 15) is 9.18 Å². The van der Waals surface area contributed by atoms with Crippen LogP contribution >= 0.6 is 0 Å². The Morgan fingerprint density at radius 1 is 1.31 bits per heavy atom. The minimum atomic E-state index is -0.753. The van der Waals surface area contributed by atoms with Crippen LogP contribution in [-0.4, -0.2) is 11.1 Å². The monoisotopic (exact) mass is 224 g/mol. The number of carbonyl (C=O) groups is 1. The fourth-order valence-corrected chi connectivity index (χ4v) is 1.72. The van der Waals surface area contributed by atoms with E-state index in [4.69, 9.17) is 5.11 Å². The van der Waals surface area contributed by atoms with Crippen LogP contribution in [-0.2, 0) is 11.2 Å². The lowest BCUT2D eigenvalue weighted by molar-refractivity contribution is -0.143. The lowest BCUT2D eigenvalue weighted by Gasteiger charge is -2.15. The van der Waals surface area contributed by atoms with E-state index >= 15 is 0 Å². The number of aliphatic carboxylic acids is 1. The van der Waals surface area contributed by atoms with Crippen LogP contribution < -0.4 is 0 Å². The van der Waals surface area contributed by atoms with Crippen molar-refractivity contribution in [3.05, 3.63) is 35.6 Å². The van der Waals surface area contributed by atoms with Crippen LogP contribution in [0.3, 0.4) is 0 Å². The van der Waals surface area contributed by atoms with Crippen LogP contribution in [0.5, 0.6) is 0 Å². The Hall–Kier alpha value is -1.38. The van der Waals surface area contributed by atoms with Gasteiger partial charge >= 0.3 is 5.97 Å². The molecular weight excluding hydrogens is 207 g/mol. The van der Waals surface area contributed by atoms with Crippen molar-refractivity contribution in [1.82, 2.24) is 0 Å². The topological polar surface area (TPSA) is 37.3 Å². The molecule has 0 aliphatic carbocycles. The summed E-state index contributed by atoms with van der Waals surface area (Å²) in [5.74, 6) is -1.22. The highest BCUT2D eigenvalue weighted by Gasteiger charge is 2.20. The third-order valence-electron chi connectivity index (χ3n) is 2.78. The fraction of sp³-hybridized carbons (Fsp3) is 0.462. The van der Waals surface area contributed by atoms with Gasteiger partial charge < -0.3 is 5.11 Å². The molecule has 2 nitrogen and oxygen atoms in total. The molecule has 0 fully saturated rings. The fourth-order valence-electron chi connectivity index (χ4n) is 1.72. The second-order valence-electron chi connectivity index (χ2n) is 4.35. The first-order valence-electron chi connectivity index (χ1n) is 5.48. The average molecular weight is 224 g/mol. The van der Waals surface area contributed by atoms with Crippen molar-refractivity contribution in [2.24, 2.45) is 11.8 Å². The maximum Gasteiger partial charge on any atom is 0.306 e. The highest BCUT2D eigenvalue weighted by molar-refractivity contribution is 5.70. The summed E-state index contributed by atoms with van der Waals surface area (Å²) in [6.07, 6.45) is 1.27. The first-order valence-corrected chi connectivity index (χ1v) is 5.48. The molecule has 0 aromatic heterocycles. The van der Waals surface area contributed by atoms with Gasteiger partial charge in [0.15, 0.2) is 0 Å². The first-order chi connectivity index (χ1) is 7.50. The molecule has 0 bridgehead atoms. The molecule has 0 spiro atoms. The SMILES string of the molecule is CC(C)C(CCc1ccc(F)cc1)C(=O)O. The number of hydrogen-bond acceptors (Lipinski definition) is 1. The van der Waals surface area contributed by atoms with Gasteiger partial charge in [-0.25, -0.2) is 4.39 Å². The first kappa shape index (κ1) is 12.7. The summed E-state index contributed by atoms with van der Waals surface area (Å²) in [5, 5.41) is 9.01. The zero-order valence-electron chi connectivity index (χ0n) is 9.61. The summed E-state index contributed by atoms with van der Waals surface area (Å²) in [6.45, 7) is 3.81. The number of carboxylic acid groups (broad SMARTS) is 1. The average Bonchev–Trinajstić information content (AvgIpc) is 2.20. The maximum atomic E-state index is 12.6. The molecule has 0 amide bonds. The summed E-state index contributed by atoms with van der Waals surface area (Å²) in [5.41, 5.74) is 0.980. The van der Waals surface area contributed by atoms with E-state index in [-0.39, 0.29) is 17.7 Å². The minimum absolute atomic E-state index is 0.123. The third-order valence-corrected chi connectivity index (χ3v) is 2.78. The van der Waals surface area contributed by atoms with Gasteiger partial charge in [0.1, 0.15) is 5.82 Å². The van der Waals surface area contributed by atoms with Crippen LogP contribution in [0.1, 0.15) is 25.8 Å². The molecule has 0 saturated heterocycles. The Labute approximate surface area is 95.1 Å². The van der Waals surface area contributed by atoms with E-state index in [0.29, 0.717) is 12.8 Å². The van der Waals surface area contributed by atoms with Crippen LogP contribution in [0.2, 0.25) is 0 Å².